The number of aromatic nitrogens is 1. The second-order valence-corrected chi connectivity index (χ2v) is 4.69. The Balaban J connectivity index is 2.04. The Bertz CT molecular complexity index is 750. The van der Waals surface area contributed by atoms with Crippen molar-refractivity contribution in [1.82, 2.24) is 4.98 Å². The zero-order valence-corrected chi connectivity index (χ0v) is 10.8. The van der Waals surface area contributed by atoms with E-state index in [4.69, 9.17) is 11.6 Å². The molecule has 0 aliphatic carbocycles. The van der Waals surface area contributed by atoms with Crippen LogP contribution in [0.2, 0.25) is 5.02 Å². The fourth-order valence-corrected chi connectivity index (χ4v) is 2.09. The van der Waals surface area contributed by atoms with E-state index in [9.17, 15) is 4.79 Å². The molecule has 0 radical (unpaired) electrons. The van der Waals surface area contributed by atoms with Crippen molar-refractivity contribution in [3.05, 3.63) is 76.9 Å². The Labute approximate surface area is 115 Å². The molecule has 0 atom stereocenters. The van der Waals surface area contributed by atoms with E-state index in [2.05, 4.69) is 4.98 Å². The Hall–Kier alpha value is -2.19. The van der Waals surface area contributed by atoms with Crippen LogP contribution in [0.3, 0.4) is 0 Å². The number of ketones is 1. The van der Waals surface area contributed by atoms with Crippen LogP contribution in [0.15, 0.2) is 60.8 Å². The molecule has 1 aromatic heterocycles. The largest absolute Gasteiger partial charge is 0.289 e. The second-order valence-electron chi connectivity index (χ2n) is 4.25. The maximum atomic E-state index is 12.3. The predicted molar refractivity (Wildman–Crippen MR) is 76.6 cm³/mol. The summed E-state index contributed by atoms with van der Waals surface area (Å²) in [5, 5.41) is 1.58. The fraction of sp³-hybridized carbons (Fsp3) is 0. The van der Waals surface area contributed by atoms with E-state index >= 15 is 0 Å². The Morgan fingerprint density at radius 2 is 1.68 bits per heavy atom. The molecule has 0 aliphatic rings. The molecule has 3 aromatic rings. The van der Waals surface area contributed by atoms with Crippen LogP contribution in [0.1, 0.15) is 15.9 Å². The summed E-state index contributed by atoms with van der Waals surface area (Å²) in [6, 6.07) is 16.5. The highest BCUT2D eigenvalue weighted by Gasteiger charge is 2.09. The Kier molecular flexibility index (Phi) is 3.02. The van der Waals surface area contributed by atoms with E-state index in [-0.39, 0.29) is 5.78 Å². The molecule has 2 aromatic carbocycles. The van der Waals surface area contributed by atoms with E-state index in [1.807, 2.05) is 30.3 Å². The number of fused-ring (bicyclic) bond motifs is 1. The van der Waals surface area contributed by atoms with Crippen LogP contribution in [0.5, 0.6) is 0 Å². The monoisotopic (exact) mass is 267 g/mol. The number of pyridine rings is 1. The average molecular weight is 268 g/mol. The van der Waals surface area contributed by atoms with Gasteiger partial charge in [0.1, 0.15) is 0 Å². The molecular formula is C16H10ClNO. The van der Waals surface area contributed by atoms with Gasteiger partial charge in [-0.05, 0) is 36.4 Å². The molecule has 92 valence electrons. The molecule has 0 spiro atoms. The lowest BCUT2D eigenvalue weighted by Gasteiger charge is -2.03. The van der Waals surface area contributed by atoms with Gasteiger partial charge in [0.2, 0.25) is 0 Å². The van der Waals surface area contributed by atoms with E-state index in [1.165, 1.54) is 0 Å². The predicted octanol–water partition coefficient (Wildman–Crippen LogP) is 4.12. The highest BCUT2D eigenvalue weighted by atomic mass is 35.5. The summed E-state index contributed by atoms with van der Waals surface area (Å²) >= 11 is 5.82. The number of halogens is 1. The highest BCUT2D eigenvalue weighted by Crippen LogP contribution is 2.17. The Morgan fingerprint density at radius 1 is 0.947 bits per heavy atom. The third kappa shape index (κ3) is 2.35. The van der Waals surface area contributed by atoms with Crippen molar-refractivity contribution in [3.8, 4) is 0 Å². The number of para-hydroxylation sites is 1. The van der Waals surface area contributed by atoms with Crippen molar-refractivity contribution in [2.75, 3.05) is 0 Å². The molecule has 0 fully saturated rings. The maximum Gasteiger partial charge on any atom is 0.194 e. The van der Waals surface area contributed by atoms with Gasteiger partial charge < -0.3 is 0 Å². The third-order valence-corrected chi connectivity index (χ3v) is 3.21. The third-order valence-electron chi connectivity index (χ3n) is 2.96. The summed E-state index contributed by atoms with van der Waals surface area (Å²) in [6.07, 6.45) is 1.61. The summed E-state index contributed by atoms with van der Waals surface area (Å²) in [5.74, 6) is -0.0464. The van der Waals surface area contributed by atoms with Gasteiger partial charge in [0, 0.05) is 27.7 Å². The van der Waals surface area contributed by atoms with Crippen LogP contribution in [0.25, 0.3) is 10.9 Å². The van der Waals surface area contributed by atoms with Crippen molar-refractivity contribution in [3.63, 3.8) is 0 Å². The number of hydrogen-bond donors (Lipinski definition) is 0. The number of carbonyl (C=O) groups is 1. The first-order valence-corrected chi connectivity index (χ1v) is 6.27. The van der Waals surface area contributed by atoms with Crippen molar-refractivity contribution in [2.24, 2.45) is 0 Å². The number of rotatable bonds is 2. The van der Waals surface area contributed by atoms with Crippen LogP contribution in [-0.2, 0) is 0 Å². The number of carbonyl (C=O) groups excluding carboxylic acids is 1. The molecule has 0 N–H and O–H groups in total. The molecule has 0 bridgehead atoms. The molecule has 0 saturated heterocycles. The smallest absolute Gasteiger partial charge is 0.194 e. The molecule has 19 heavy (non-hydrogen) atoms. The molecule has 0 aliphatic heterocycles. The Morgan fingerprint density at radius 3 is 2.47 bits per heavy atom. The molecule has 3 heteroatoms. The van der Waals surface area contributed by atoms with Gasteiger partial charge in [-0.3, -0.25) is 9.78 Å². The van der Waals surface area contributed by atoms with Crippen LogP contribution >= 0.6 is 11.6 Å². The molecule has 0 amide bonds. The lowest BCUT2D eigenvalue weighted by molar-refractivity contribution is 0.103. The lowest BCUT2D eigenvalue weighted by atomic mass is 10.0. The van der Waals surface area contributed by atoms with Crippen molar-refractivity contribution >= 4 is 28.3 Å². The first-order valence-electron chi connectivity index (χ1n) is 5.89. The van der Waals surface area contributed by atoms with Gasteiger partial charge in [-0.15, -0.1) is 0 Å². The van der Waals surface area contributed by atoms with E-state index in [0.29, 0.717) is 16.1 Å². The van der Waals surface area contributed by atoms with Crippen LogP contribution in [0, 0.1) is 0 Å². The van der Waals surface area contributed by atoms with Gasteiger partial charge in [0.25, 0.3) is 0 Å². The number of benzene rings is 2. The van der Waals surface area contributed by atoms with Crippen LogP contribution < -0.4 is 0 Å². The SMILES string of the molecule is O=C(c1ccc(Cl)cc1)c1cnc2ccccc2c1. The summed E-state index contributed by atoms with van der Waals surface area (Å²) in [4.78, 5) is 16.6. The minimum absolute atomic E-state index is 0.0464. The molecule has 3 rings (SSSR count). The van der Waals surface area contributed by atoms with Crippen molar-refractivity contribution in [1.29, 1.82) is 0 Å². The van der Waals surface area contributed by atoms with Crippen LogP contribution in [0.4, 0.5) is 0 Å². The van der Waals surface area contributed by atoms with E-state index in [1.54, 1.807) is 30.5 Å². The molecule has 1 heterocycles. The van der Waals surface area contributed by atoms with E-state index in [0.717, 1.165) is 10.9 Å². The van der Waals surface area contributed by atoms with Gasteiger partial charge in [-0.25, -0.2) is 0 Å². The summed E-state index contributed by atoms with van der Waals surface area (Å²) in [5.41, 5.74) is 2.08. The summed E-state index contributed by atoms with van der Waals surface area (Å²) < 4.78 is 0. The summed E-state index contributed by atoms with van der Waals surface area (Å²) in [7, 11) is 0. The lowest BCUT2D eigenvalue weighted by Crippen LogP contribution is -2.01. The fourth-order valence-electron chi connectivity index (χ4n) is 1.96. The zero-order valence-electron chi connectivity index (χ0n) is 10.0. The summed E-state index contributed by atoms with van der Waals surface area (Å²) in [6.45, 7) is 0. The van der Waals surface area contributed by atoms with Gasteiger partial charge in [0.15, 0.2) is 5.78 Å². The second kappa shape index (κ2) is 4.82. The molecule has 0 unspecified atom stereocenters. The van der Waals surface area contributed by atoms with Gasteiger partial charge in [-0.2, -0.15) is 0 Å². The van der Waals surface area contributed by atoms with E-state index < -0.39 is 0 Å². The minimum atomic E-state index is -0.0464. The topological polar surface area (TPSA) is 30.0 Å². The van der Waals surface area contributed by atoms with Gasteiger partial charge >= 0.3 is 0 Å². The molecule has 2 nitrogen and oxygen atoms in total. The number of nitrogens with zero attached hydrogens (tertiary/aromatic N) is 1. The zero-order chi connectivity index (χ0) is 13.2. The minimum Gasteiger partial charge on any atom is -0.289 e. The first kappa shape index (κ1) is 11.9. The quantitative estimate of drug-likeness (QED) is 0.654. The highest BCUT2D eigenvalue weighted by molar-refractivity contribution is 6.30. The first-order chi connectivity index (χ1) is 9.24. The molecule has 0 saturated carbocycles. The van der Waals surface area contributed by atoms with Gasteiger partial charge in [0.05, 0.1) is 5.52 Å². The number of hydrogen-bond acceptors (Lipinski definition) is 2. The standard InChI is InChI=1S/C16H10ClNO/c17-14-7-5-11(6-8-14)16(19)13-9-12-3-1-2-4-15(12)18-10-13/h1-10H. The average Bonchev–Trinajstić information content (AvgIpc) is 2.47. The van der Waals surface area contributed by atoms with Gasteiger partial charge in [-0.1, -0.05) is 29.8 Å². The normalized spacial score (nSPS) is 10.6. The van der Waals surface area contributed by atoms with Crippen molar-refractivity contribution < 1.29 is 4.79 Å². The van der Waals surface area contributed by atoms with Crippen LogP contribution in [-0.4, -0.2) is 10.8 Å². The molecular weight excluding hydrogens is 258 g/mol. The maximum absolute atomic E-state index is 12.3. The van der Waals surface area contributed by atoms with Crippen molar-refractivity contribution in [2.45, 2.75) is 0 Å².